The summed E-state index contributed by atoms with van der Waals surface area (Å²) in [6.07, 6.45) is 5.53. The summed E-state index contributed by atoms with van der Waals surface area (Å²) in [4.78, 5) is 6.79. The highest BCUT2D eigenvalue weighted by molar-refractivity contribution is 4.91. The fourth-order valence-electron chi connectivity index (χ4n) is 2.55. The van der Waals surface area contributed by atoms with Crippen molar-refractivity contribution in [1.82, 2.24) is 15.2 Å². The average Bonchev–Trinajstić information content (AvgIpc) is 2.62. The van der Waals surface area contributed by atoms with Crippen molar-refractivity contribution in [2.24, 2.45) is 0 Å². The summed E-state index contributed by atoms with van der Waals surface area (Å²) >= 11 is 0. The van der Waals surface area contributed by atoms with Gasteiger partial charge in [-0.2, -0.15) is 0 Å². The molecule has 1 unspecified atom stereocenters. The Morgan fingerprint density at radius 1 is 1.44 bits per heavy atom. The molecule has 4 nitrogen and oxygen atoms in total. The molecule has 1 aliphatic rings. The van der Waals surface area contributed by atoms with E-state index >= 15 is 0 Å². The largest absolute Gasteiger partial charge is 0.445 e. The lowest BCUT2D eigenvalue weighted by atomic mass is 10.1. The van der Waals surface area contributed by atoms with Crippen molar-refractivity contribution in [3.63, 3.8) is 0 Å². The molecule has 0 spiro atoms. The molecule has 2 heterocycles. The lowest BCUT2D eigenvalue weighted by Gasteiger charge is -2.24. The SMILES string of the molecule is Cc1cnc(CNC2CCCN(C(C)C)CC2)o1. The fraction of sp³-hybridized carbons (Fsp3) is 0.786. The van der Waals surface area contributed by atoms with Crippen LogP contribution < -0.4 is 5.32 Å². The van der Waals surface area contributed by atoms with Crippen LogP contribution in [0.3, 0.4) is 0 Å². The number of nitrogens with zero attached hydrogens (tertiary/aromatic N) is 2. The lowest BCUT2D eigenvalue weighted by Crippen LogP contribution is -2.33. The van der Waals surface area contributed by atoms with E-state index in [4.69, 9.17) is 4.42 Å². The molecule has 102 valence electrons. The zero-order chi connectivity index (χ0) is 13.0. The van der Waals surface area contributed by atoms with Gasteiger partial charge in [-0.1, -0.05) is 0 Å². The third kappa shape index (κ3) is 3.82. The maximum Gasteiger partial charge on any atom is 0.208 e. The quantitative estimate of drug-likeness (QED) is 0.892. The molecule has 2 rings (SSSR count). The van der Waals surface area contributed by atoms with Gasteiger partial charge < -0.3 is 14.6 Å². The van der Waals surface area contributed by atoms with Gasteiger partial charge >= 0.3 is 0 Å². The fourth-order valence-corrected chi connectivity index (χ4v) is 2.55. The van der Waals surface area contributed by atoms with Crippen molar-refractivity contribution in [2.45, 2.75) is 58.7 Å². The predicted octanol–water partition coefficient (Wildman–Crippen LogP) is 2.34. The van der Waals surface area contributed by atoms with Crippen LogP contribution in [0.1, 0.15) is 44.8 Å². The Morgan fingerprint density at radius 2 is 2.28 bits per heavy atom. The molecule has 1 fully saturated rings. The van der Waals surface area contributed by atoms with Crippen LogP contribution in [-0.2, 0) is 6.54 Å². The van der Waals surface area contributed by atoms with Crippen LogP contribution >= 0.6 is 0 Å². The summed E-state index contributed by atoms with van der Waals surface area (Å²) in [5, 5.41) is 3.57. The van der Waals surface area contributed by atoms with Crippen molar-refractivity contribution in [3.8, 4) is 0 Å². The van der Waals surface area contributed by atoms with E-state index in [1.165, 1.54) is 32.4 Å². The van der Waals surface area contributed by atoms with Gasteiger partial charge in [-0.25, -0.2) is 4.98 Å². The van der Waals surface area contributed by atoms with Crippen molar-refractivity contribution in [2.75, 3.05) is 13.1 Å². The van der Waals surface area contributed by atoms with Gasteiger partial charge in [0.2, 0.25) is 5.89 Å². The molecule has 1 aliphatic heterocycles. The maximum atomic E-state index is 5.48. The zero-order valence-electron chi connectivity index (χ0n) is 11.8. The number of nitrogens with one attached hydrogen (secondary N) is 1. The normalized spacial score (nSPS) is 22.3. The first kappa shape index (κ1) is 13.6. The van der Waals surface area contributed by atoms with Crippen molar-refractivity contribution in [1.29, 1.82) is 0 Å². The van der Waals surface area contributed by atoms with Gasteiger partial charge in [-0.15, -0.1) is 0 Å². The number of aryl methyl sites for hydroxylation is 1. The minimum atomic E-state index is 0.598. The molecule has 0 aromatic carbocycles. The van der Waals surface area contributed by atoms with Gasteiger partial charge in [-0.05, 0) is 53.1 Å². The Bertz CT molecular complexity index is 362. The van der Waals surface area contributed by atoms with E-state index in [1.807, 2.05) is 6.92 Å². The zero-order valence-corrected chi connectivity index (χ0v) is 11.8. The van der Waals surface area contributed by atoms with Gasteiger partial charge in [0.1, 0.15) is 5.76 Å². The molecule has 0 bridgehead atoms. The highest BCUT2D eigenvalue weighted by Gasteiger charge is 2.18. The number of oxazole rings is 1. The first-order valence-electron chi connectivity index (χ1n) is 7.04. The van der Waals surface area contributed by atoms with Crippen LogP contribution in [0.25, 0.3) is 0 Å². The minimum Gasteiger partial charge on any atom is -0.445 e. The first-order valence-corrected chi connectivity index (χ1v) is 7.04. The molecule has 1 N–H and O–H groups in total. The van der Waals surface area contributed by atoms with E-state index in [-0.39, 0.29) is 0 Å². The molecule has 0 aliphatic carbocycles. The lowest BCUT2D eigenvalue weighted by molar-refractivity contribution is 0.228. The van der Waals surface area contributed by atoms with Gasteiger partial charge in [0.25, 0.3) is 0 Å². The number of likely N-dealkylation sites (tertiary alicyclic amines) is 1. The average molecular weight is 251 g/mol. The van der Waals surface area contributed by atoms with Gasteiger partial charge in [0, 0.05) is 12.1 Å². The molecule has 1 aromatic rings. The predicted molar refractivity (Wildman–Crippen MR) is 72.4 cm³/mol. The Kier molecular flexibility index (Phi) is 4.78. The summed E-state index contributed by atoms with van der Waals surface area (Å²) in [6, 6.07) is 1.26. The Labute approximate surface area is 110 Å². The second kappa shape index (κ2) is 6.34. The molecule has 1 atom stereocenters. The summed E-state index contributed by atoms with van der Waals surface area (Å²) in [5.74, 6) is 1.69. The van der Waals surface area contributed by atoms with Crippen LogP contribution in [0.2, 0.25) is 0 Å². The topological polar surface area (TPSA) is 41.3 Å². The molecular weight excluding hydrogens is 226 g/mol. The third-order valence-electron chi connectivity index (χ3n) is 3.70. The van der Waals surface area contributed by atoms with Crippen LogP contribution in [0.4, 0.5) is 0 Å². The Hall–Kier alpha value is -0.870. The van der Waals surface area contributed by atoms with Gasteiger partial charge in [-0.3, -0.25) is 0 Å². The van der Waals surface area contributed by atoms with E-state index in [2.05, 4.69) is 29.0 Å². The standard InChI is InChI=1S/C14H25N3O/c1-11(2)17-7-4-5-13(6-8-17)15-10-14-16-9-12(3)18-14/h9,11,13,15H,4-8,10H2,1-3H3. The van der Waals surface area contributed by atoms with Gasteiger partial charge in [0.15, 0.2) is 0 Å². The summed E-state index contributed by atoms with van der Waals surface area (Å²) in [7, 11) is 0. The molecule has 0 saturated carbocycles. The maximum absolute atomic E-state index is 5.48. The van der Waals surface area contributed by atoms with Crippen LogP contribution in [0, 0.1) is 6.92 Å². The van der Waals surface area contributed by atoms with Crippen LogP contribution in [0.5, 0.6) is 0 Å². The second-order valence-electron chi connectivity index (χ2n) is 5.50. The summed E-state index contributed by atoms with van der Waals surface area (Å²) < 4.78 is 5.48. The molecular formula is C14H25N3O. The van der Waals surface area contributed by atoms with E-state index < -0.39 is 0 Å². The highest BCUT2D eigenvalue weighted by atomic mass is 16.4. The van der Waals surface area contributed by atoms with Crippen molar-refractivity contribution < 1.29 is 4.42 Å². The monoisotopic (exact) mass is 251 g/mol. The van der Waals surface area contributed by atoms with E-state index in [0.29, 0.717) is 12.1 Å². The highest BCUT2D eigenvalue weighted by Crippen LogP contribution is 2.14. The van der Waals surface area contributed by atoms with Crippen LogP contribution in [0.15, 0.2) is 10.6 Å². The smallest absolute Gasteiger partial charge is 0.208 e. The number of aromatic nitrogens is 1. The minimum absolute atomic E-state index is 0.598. The van der Waals surface area contributed by atoms with E-state index in [0.717, 1.165) is 18.2 Å². The van der Waals surface area contributed by atoms with E-state index in [1.54, 1.807) is 6.20 Å². The van der Waals surface area contributed by atoms with Crippen LogP contribution in [-0.4, -0.2) is 35.1 Å². The molecule has 1 saturated heterocycles. The molecule has 1 aromatic heterocycles. The molecule has 0 amide bonds. The number of hydrogen-bond donors (Lipinski definition) is 1. The van der Waals surface area contributed by atoms with E-state index in [9.17, 15) is 0 Å². The second-order valence-corrected chi connectivity index (χ2v) is 5.50. The Morgan fingerprint density at radius 3 is 2.94 bits per heavy atom. The number of rotatable bonds is 4. The Balaban J connectivity index is 1.77. The first-order chi connectivity index (χ1) is 8.65. The summed E-state index contributed by atoms with van der Waals surface area (Å²) in [5.41, 5.74) is 0. The van der Waals surface area contributed by atoms with Crippen molar-refractivity contribution in [3.05, 3.63) is 17.8 Å². The molecule has 0 radical (unpaired) electrons. The third-order valence-corrected chi connectivity index (χ3v) is 3.70. The van der Waals surface area contributed by atoms with Crippen molar-refractivity contribution >= 4 is 0 Å². The molecule has 4 heteroatoms. The number of hydrogen-bond acceptors (Lipinski definition) is 4. The molecule has 18 heavy (non-hydrogen) atoms. The summed E-state index contributed by atoms with van der Waals surface area (Å²) in [6.45, 7) is 9.67. The van der Waals surface area contributed by atoms with Gasteiger partial charge in [0.05, 0.1) is 12.7 Å².